The van der Waals surface area contributed by atoms with E-state index in [1.807, 2.05) is 20.0 Å². The van der Waals surface area contributed by atoms with Crippen LogP contribution in [-0.2, 0) is 11.3 Å². The van der Waals surface area contributed by atoms with Gasteiger partial charge in [0.15, 0.2) is 0 Å². The molecule has 0 aliphatic rings. The maximum atomic E-state index is 11.8. The highest BCUT2D eigenvalue weighted by atomic mass is 16.5. The van der Waals surface area contributed by atoms with Crippen molar-refractivity contribution in [2.75, 3.05) is 27.7 Å². The number of hydrogen-bond acceptors (Lipinski definition) is 3. The van der Waals surface area contributed by atoms with E-state index in [0.717, 1.165) is 16.9 Å². The number of hydrogen-bond donors (Lipinski definition) is 1. The number of aryl methyl sites for hydroxylation is 1. The summed E-state index contributed by atoms with van der Waals surface area (Å²) in [7, 11) is 5.29. The van der Waals surface area contributed by atoms with Gasteiger partial charge in [-0.15, -0.1) is 0 Å². The van der Waals surface area contributed by atoms with Crippen molar-refractivity contribution in [1.29, 1.82) is 0 Å². The second-order valence-electron chi connectivity index (χ2n) is 4.90. The molecule has 1 amide bonds. The highest BCUT2D eigenvalue weighted by Gasteiger charge is 2.14. The molecule has 0 unspecified atom stereocenters. The van der Waals surface area contributed by atoms with E-state index in [1.165, 1.54) is 11.1 Å². The first kappa shape index (κ1) is 15.5. The standard InChI is InChI=1S/C15H24N2O2/c1-10-7-14(19-6)12(3)11(2)13(10)9-17(5)15(18)8-16-4/h7,16H,8-9H2,1-6H3. The van der Waals surface area contributed by atoms with Crippen molar-refractivity contribution in [3.05, 3.63) is 28.3 Å². The maximum absolute atomic E-state index is 11.8. The molecule has 0 heterocycles. The molecule has 4 heteroatoms. The van der Waals surface area contributed by atoms with Crippen LogP contribution in [0.15, 0.2) is 6.07 Å². The molecule has 19 heavy (non-hydrogen) atoms. The molecular weight excluding hydrogens is 240 g/mol. The number of methoxy groups -OCH3 is 1. The van der Waals surface area contributed by atoms with Crippen molar-refractivity contribution in [3.8, 4) is 5.75 Å². The maximum Gasteiger partial charge on any atom is 0.236 e. The lowest BCUT2D eigenvalue weighted by Gasteiger charge is -2.22. The number of ether oxygens (including phenoxy) is 1. The fourth-order valence-corrected chi connectivity index (χ4v) is 2.17. The van der Waals surface area contributed by atoms with Crippen LogP contribution in [0.2, 0.25) is 0 Å². The molecule has 0 bridgehead atoms. The fraction of sp³-hybridized carbons (Fsp3) is 0.533. The SMILES string of the molecule is CNCC(=O)N(C)Cc1c(C)cc(OC)c(C)c1C. The Morgan fingerprint density at radius 3 is 2.47 bits per heavy atom. The van der Waals surface area contributed by atoms with Crippen molar-refractivity contribution in [3.63, 3.8) is 0 Å². The minimum absolute atomic E-state index is 0.0924. The molecule has 4 nitrogen and oxygen atoms in total. The average molecular weight is 264 g/mol. The van der Waals surface area contributed by atoms with Crippen LogP contribution in [0.25, 0.3) is 0 Å². The van der Waals surface area contributed by atoms with E-state index in [2.05, 4.69) is 19.2 Å². The summed E-state index contributed by atoms with van der Waals surface area (Å²) in [5.41, 5.74) is 4.69. The van der Waals surface area contributed by atoms with Gasteiger partial charge < -0.3 is 15.0 Å². The van der Waals surface area contributed by atoms with Gasteiger partial charge in [-0.1, -0.05) is 0 Å². The number of nitrogens with zero attached hydrogens (tertiary/aromatic N) is 1. The molecule has 0 aliphatic heterocycles. The Bertz CT molecular complexity index is 470. The third kappa shape index (κ3) is 3.47. The van der Waals surface area contributed by atoms with Crippen LogP contribution in [0, 0.1) is 20.8 Å². The van der Waals surface area contributed by atoms with E-state index in [9.17, 15) is 4.79 Å². The minimum atomic E-state index is 0.0924. The molecule has 1 aromatic rings. The summed E-state index contributed by atoms with van der Waals surface area (Å²) >= 11 is 0. The predicted octanol–water partition coefficient (Wildman–Crippen LogP) is 1.80. The Kier molecular flexibility index (Phi) is 5.36. The van der Waals surface area contributed by atoms with E-state index in [0.29, 0.717) is 13.1 Å². The van der Waals surface area contributed by atoms with Crippen molar-refractivity contribution < 1.29 is 9.53 Å². The summed E-state index contributed by atoms with van der Waals surface area (Å²) in [5.74, 6) is 0.998. The van der Waals surface area contributed by atoms with Gasteiger partial charge in [0.1, 0.15) is 5.75 Å². The van der Waals surface area contributed by atoms with Gasteiger partial charge in [0.2, 0.25) is 5.91 Å². The van der Waals surface area contributed by atoms with Crippen molar-refractivity contribution in [2.24, 2.45) is 0 Å². The zero-order valence-electron chi connectivity index (χ0n) is 12.8. The van der Waals surface area contributed by atoms with Crippen molar-refractivity contribution >= 4 is 5.91 Å². The van der Waals surface area contributed by atoms with Gasteiger partial charge in [0, 0.05) is 13.6 Å². The zero-order valence-corrected chi connectivity index (χ0v) is 12.8. The molecule has 0 saturated carbocycles. The van der Waals surface area contributed by atoms with Crippen LogP contribution in [0.1, 0.15) is 22.3 Å². The van der Waals surface area contributed by atoms with Crippen LogP contribution in [0.5, 0.6) is 5.75 Å². The van der Waals surface area contributed by atoms with E-state index in [1.54, 1.807) is 19.1 Å². The van der Waals surface area contributed by atoms with Gasteiger partial charge in [0.05, 0.1) is 13.7 Å². The number of benzene rings is 1. The molecule has 0 fully saturated rings. The Morgan fingerprint density at radius 2 is 1.95 bits per heavy atom. The summed E-state index contributed by atoms with van der Waals surface area (Å²) < 4.78 is 5.36. The molecule has 0 atom stereocenters. The largest absolute Gasteiger partial charge is 0.496 e. The first-order valence-electron chi connectivity index (χ1n) is 6.44. The van der Waals surface area contributed by atoms with Gasteiger partial charge in [-0.2, -0.15) is 0 Å². The summed E-state index contributed by atoms with van der Waals surface area (Å²) in [5, 5.41) is 2.88. The van der Waals surface area contributed by atoms with Crippen LogP contribution < -0.4 is 10.1 Å². The van der Waals surface area contributed by atoms with Crippen LogP contribution in [0.3, 0.4) is 0 Å². The third-order valence-corrected chi connectivity index (χ3v) is 3.58. The normalized spacial score (nSPS) is 10.4. The van der Waals surface area contributed by atoms with E-state index in [-0.39, 0.29) is 5.91 Å². The number of carbonyl (C=O) groups is 1. The Morgan fingerprint density at radius 1 is 1.32 bits per heavy atom. The van der Waals surface area contributed by atoms with Gasteiger partial charge in [-0.3, -0.25) is 4.79 Å². The molecule has 0 aromatic heterocycles. The molecule has 0 aliphatic carbocycles. The van der Waals surface area contributed by atoms with Crippen LogP contribution in [-0.4, -0.2) is 38.6 Å². The Labute approximate surface area is 115 Å². The second-order valence-corrected chi connectivity index (χ2v) is 4.90. The molecule has 0 spiro atoms. The zero-order chi connectivity index (χ0) is 14.6. The number of likely N-dealkylation sites (N-methyl/N-ethyl adjacent to an activating group) is 2. The lowest BCUT2D eigenvalue weighted by molar-refractivity contribution is -0.129. The van der Waals surface area contributed by atoms with Gasteiger partial charge in [0.25, 0.3) is 0 Å². The monoisotopic (exact) mass is 264 g/mol. The lowest BCUT2D eigenvalue weighted by Crippen LogP contribution is -2.34. The minimum Gasteiger partial charge on any atom is -0.496 e. The van der Waals surface area contributed by atoms with Crippen molar-refractivity contribution in [2.45, 2.75) is 27.3 Å². The van der Waals surface area contributed by atoms with Crippen LogP contribution >= 0.6 is 0 Å². The summed E-state index contributed by atoms with van der Waals surface area (Å²) in [6.07, 6.45) is 0. The molecule has 1 rings (SSSR count). The number of nitrogens with one attached hydrogen (secondary N) is 1. The fourth-order valence-electron chi connectivity index (χ4n) is 2.17. The first-order valence-corrected chi connectivity index (χ1v) is 6.44. The average Bonchev–Trinajstić information content (AvgIpc) is 2.38. The number of carbonyl (C=O) groups excluding carboxylic acids is 1. The molecule has 1 N–H and O–H groups in total. The molecule has 106 valence electrons. The topological polar surface area (TPSA) is 41.6 Å². The van der Waals surface area contributed by atoms with E-state index < -0.39 is 0 Å². The quantitative estimate of drug-likeness (QED) is 0.881. The van der Waals surface area contributed by atoms with E-state index >= 15 is 0 Å². The highest BCUT2D eigenvalue weighted by Crippen LogP contribution is 2.28. The molecule has 0 radical (unpaired) electrons. The smallest absolute Gasteiger partial charge is 0.236 e. The van der Waals surface area contributed by atoms with Gasteiger partial charge in [-0.25, -0.2) is 0 Å². The summed E-state index contributed by atoms with van der Waals surface area (Å²) in [4.78, 5) is 13.6. The lowest BCUT2D eigenvalue weighted by atomic mass is 9.97. The predicted molar refractivity (Wildman–Crippen MR) is 77.6 cm³/mol. The Balaban J connectivity index is 3.02. The highest BCUT2D eigenvalue weighted by molar-refractivity contribution is 5.78. The summed E-state index contributed by atoms with van der Waals surface area (Å²) in [6, 6.07) is 2.04. The molecule has 1 aromatic carbocycles. The summed E-state index contributed by atoms with van der Waals surface area (Å²) in [6.45, 7) is 7.18. The number of amides is 1. The first-order chi connectivity index (χ1) is 8.92. The second kappa shape index (κ2) is 6.57. The van der Waals surface area contributed by atoms with Crippen molar-refractivity contribution in [1.82, 2.24) is 10.2 Å². The Hall–Kier alpha value is -1.55. The van der Waals surface area contributed by atoms with Gasteiger partial charge >= 0.3 is 0 Å². The van der Waals surface area contributed by atoms with E-state index in [4.69, 9.17) is 4.74 Å². The molecular formula is C15H24N2O2. The molecule has 0 saturated heterocycles. The van der Waals surface area contributed by atoms with Gasteiger partial charge in [-0.05, 0) is 56.1 Å². The van der Waals surface area contributed by atoms with Crippen LogP contribution in [0.4, 0.5) is 0 Å². The number of rotatable bonds is 5. The third-order valence-electron chi connectivity index (χ3n) is 3.58.